The van der Waals surface area contributed by atoms with Crippen LogP contribution in [0.1, 0.15) is 6.85 Å². The van der Waals surface area contributed by atoms with Crippen molar-refractivity contribution < 1.29 is 11.3 Å². The first kappa shape index (κ1) is 28.5. The Hall–Kier alpha value is -7.88. The van der Waals surface area contributed by atoms with Crippen molar-refractivity contribution in [3.05, 3.63) is 218 Å². The Bertz CT molecular complexity index is 3830. The van der Waals surface area contributed by atoms with E-state index < -0.39 is 6.04 Å². The van der Waals surface area contributed by atoms with Crippen molar-refractivity contribution in [2.45, 2.75) is 0 Å². The molecule has 0 fully saturated rings. The van der Waals surface area contributed by atoms with E-state index in [0.717, 1.165) is 88.4 Å². The Balaban J connectivity index is 1.03. The van der Waals surface area contributed by atoms with Crippen LogP contribution in [0, 0.1) is 0 Å². The van der Waals surface area contributed by atoms with Crippen molar-refractivity contribution in [2.75, 3.05) is 4.90 Å². The Kier molecular flexibility index (Phi) is 6.46. The predicted molar refractivity (Wildman–Crippen MR) is 249 cm³/mol. The smallest absolute Gasteiger partial charge is 0.159 e. The van der Waals surface area contributed by atoms with Gasteiger partial charge < -0.3 is 13.9 Å². The molecule has 276 valence electrons. The quantitative estimate of drug-likeness (QED) is 0.168. The zero-order valence-corrected chi connectivity index (χ0v) is 31.7. The lowest BCUT2D eigenvalue weighted by Crippen LogP contribution is -2.10. The van der Waals surface area contributed by atoms with Gasteiger partial charge in [-0.2, -0.15) is 0 Å². The fraction of sp³-hybridized carbons (Fsp3) is 0. The topological polar surface area (TPSA) is 21.3 Å². The molecule has 3 heteroatoms. The second-order valence-electron chi connectivity index (χ2n) is 15.0. The molecule has 2 heterocycles. The zero-order valence-electron chi connectivity index (χ0n) is 36.7. The summed E-state index contributed by atoms with van der Waals surface area (Å²) in [4.78, 5) is 2.18. The van der Waals surface area contributed by atoms with Gasteiger partial charge in [-0.3, -0.25) is 0 Å². The molecule has 0 saturated heterocycles. The Morgan fingerprint density at radius 2 is 1.05 bits per heavy atom. The summed E-state index contributed by atoms with van der Waals surface area (Å²) >= 11 is 0. The van der Waals surface area contributed by atoms with Gasteiger partial charge in [0, 0.05) is 44.0 Å². The molecule has 0 spiro atoms. The molecule has 3 nitrogen and oxygen atoms in total. The van der Waals surface area contributed by atoms with Crippen LogP contribution in [0.2, 0.25) is 0 Å². The number of benzene rings is 10. The third kappa shape index (κ3) is 5.44. The van der Waals surface area contributed by atoms with Crippen LogP contribution in [0.25, 0.3) is 93.2 Å². The number of rotatable bonds is 6. The Labute approximate surface area is 348 Å². The highest BCUT2D eigenvalue weighted by Crippen LogP contribution is 2.45. The maximum atomic E-state index is 8.65. The molecule has 0 aliphatic rings. The van der Waals surface area contributed by atoms with Gasteiger partial charge in [-0.1, -0.05) is 145 Å². The maximum Gasteiger partial charge on any atom is 0.159 e. The number of aromatic nitrogens is 1. The monoisotopic (exact) mass is 757 g/mol. The summed E-state index contributed by atoms with van der Waals surface area (Å²) in [5, 5.41) is 8.71. The molecule has 0 aliphatic carbocycles. The minimum Gasteiger partial charge on any atom is -0.453 e. The molecule has 2 aromatic heterocycles. The Morgan fingerprint density at radius 1 is 0.390 bits per heavy atom. The molecule has 12 rings (SSSR count). The normalized spacial score (nSPS) is 12.9. The molecule has 0 saturated carbocycles. The number of furan rings is 1. The molecular formula is C56H36N2O. The summed E-state index contributed by atoms with van der Waals surface area (Å²) in [5.41, 5.74) is 10.5. The number of hydrogen-bond donors (Lipinski definition) is 0. The number of anilines is 3. The number of nitrogens with zero attached hydrogens (tertiary/aromatic N) is 2. The van der Waals surface area contributed by atoms with Crippen LogP contribution < -0.4 is 4.90 Å². The molecule has 10 aromatic carbocycles. The fourth-order valence-corrected chi connectivity index (χ4v) is 8.85. The number of para-hydroxylation sites is 3. The van der Waals surface area contributed by atoms with Crippen LogP contribution in [-0.2, 0) is 0 Å². The zero-order chi connectivity index (χ0) is 43.2. The summed E-state index contributed by atoms with van der Waals surface area (Å²) in [6.07, 6.45) is 0. The van der Waals surface area contributed by atoms with Crippen LogP contribution >= 0.6 is 0 Å². The number of hydrogen-bond acceptors (Lipinski definition) is 2. The molecular weight excluding hydrogens is 717 g/mol. The SMILES string of the molecule is [2H]c1c([2H])c([2H])c(-c2ccc(N(c3ccc4ccc(-c5ccc6c(c5)c5ccccc5n6-c5ccccc5)cc4c3)c3cccc4c3oc3c5ccccc5ccc43)cc2)c([2H])c1[2H]. The van der Waals surface area contributed by atoms with E-state index >= 15 is 0 Å². The lowest BCUT2D eigenvalue weighted by molar-refractivity contribution is 0.673. The summed E-state index contributed by atoms with van der Waals surface area (Å²) in [5.74, 6) is 0. The average molecular weight is 758 g/mol. The third-order valence-corrected chi connectivity index (χ3v) is 11.6. The van der Waals surface area contributed by atoms with E-state index in [-0.39, 0.29) is 29.7 Å². The van der Waals surface area contributed by atoms with Crippen molar-refractivity contribution in [1.29, 1.82) is 0 Å². The molecule has 12 aromatic rings. The molecule has 0 bridgehead atoms. The largest absolute Gasteiger partial charge is 0.453 e. The molecule has 0 atom stereocenters. The van der Waals surface area contributed by atoms with E-state index in [1.54, 1.807) is 0 Å². The maximum absolute atomic E-state index is 8.65. The highest BCUT2D eigenvalue weighted by molar-refractivity contribution is 6.18. The van der Waals surface area contributed by atoms with E-state index in [9.17, 15) is 0 Å². The van der Waals surface area contributed by atoms with Gasteiger partial charge in [0.1, 0.15) is 5.58 Å². The third-order valence-electron chi connectivity index (χ3n) is 11.6. The van der Waals surface area contributed by atoms with E-state index in [4.69, 9.17) is 11.3 Å². The minimum atomic E-state index is -0.413. The lowest BCUT2D eigenvalue weighted by atomic mass is 9.99. The van der Waals surface area contributed by atoms with Crippen molar-refractivity contribution in [1.82, 2.24) is 4.57 Å². The highest BCUT2D eigenvalue weighted by Gasteiger charge is 2.21. The second kappa shape index (κ2) is 13.4. The van der Waals surface area contributed by atoms with Crippen LogP contribution in [0.4, 0.5) is 17.1 Å². The molecule has 59 heavy (non-hydrogen) atoms. The van der Waals surface area contributed by atoms with Gasteiger partial charge >= 0.3 is 0 Å². The van der Waals surface area contributed by atoms with Gasteiger partial charge in [-0.05, 0) is 111 Å². The van der Waals surface area contributed by atoms with E-state index in [0.29, 0.717) is 5.56 Å². The first-order valence-electron chi connectivity index (χ1n) is 22.3. The predicted octanol–water partition coefficient (Wildman–Crippen LogP) is 15.8. The molecule has 0 radical (unpaired) electrons. The molecule has 0 aliphatic heterocycles. The minimum absolute atomic E-state index is 0.163. The van der Waals surface area contributed by atoms with Crippen molar-refractivity contribution in [3.63, 3.8) is 0 Å². The van der Waals surface area contributed by atoms with Gasteiger partial charge in [0.05, 0.1) is 23.6 Å². The van der Waals surface area contributed by atoms with Gasteiger partial charge in [0.15, 0.2) is 5.58 Å². The summed E-state index contributed by atoms with van der Waals surface area (Å²) in [6, 6.07) is 63.6. The van der Waals surface area contributed by atoms with E-state index in [1.807, 2.05) is 42.5 Å². The number of fused-ring (bicyclic) bond motifs is 9. The van der Waals surface area contributed by atoms with Crippen LogP contribution in [0.15, 0.2) is 223 Å². The molecule has 0 N–H and O–H groups in total. The first-order valence-corrected chi connectivity index (χ1v) is 19.8. The van der Waals surface area contributed by atoms with E-state index in [2.05, 4.69) is 155 Å². The summed E-state index contributed by atoms with van der Waals surface area (Å²) in [7, 11) is 0. The molecule has 0 amide bonds. The van der Waals surface area contributed by atoms with E-state index in [1.165, 1.54) is 10.8 Å². The van der Waals surface area contributed by atoms with Crippen molar-refractivity contribution in [2.24, 2.45) is 0 Å². The molecule has 0 unspecified atom stereocenters. The van der Waals surface area contributed by atoms with Crippen LogP contribution in [0.3, 0.4) is 0 Å². The Morgan fingerprint density at radius 3 is 1.93 bits per heavy atom. The van der Waals surface area contributed by atoms with Gasteiger partial charge in [0.25, 0.3) is 0 Å². The summed E-state index contributed by atoms with van der Waals surface area (Å²) in [6.45, 7) is 0. The summed E-state index contributed by atoms with van der Waals surface area (Å²) < 4.78 is 51.3. The van der Waals surface area contributed by atoms with Gasteiger partial charge in [-0.15, -0.1) is 0 Å². The van der Waals surface area contributed by atoms with Gasteiger partial charge in [-0.25, -0.2) is 0 Å². The van der Waals surface area contributed by atoms with Crippen LogP contribution in [-0.4, -0.2) is 4.57 Å². The van der Waals surface area contributed by atoms with Crippen molar-refractivity contribution >= 4 is 82.4 Å². The van der Waals surface area contributed by atoms with Gasteiger partial charge in [0.2, 0.25) is 0 Å². The van der Waals surface area contributed by atoms with Crippen LogP contribution in [0.5, 0.6) is 0 Å². The first-order chi connectivity index (χ1) is 31.3. The van der Waals surface area contributed by atoms with Crippen molar-refractivity contribution in [3.8, 4) is 27.9 Å². The second-order valence-corrected chi connectivity index (χ2v) is 15.0. The fourth-order valence-electron chi connectivity index (χ4n) is 8.85. The lowest BCUT2D eigenvalue weighted by Gasteiger charge is -2.26. The standard InChI is InChI=1S/C56H36N2O/c1-3-12-37(13-4-1)38-24-29-45(30-25-38)57(54-21-11-19-49-50-32-27-40-14-7-8-17-47(40)55(50)59-56(49)54)46-31-26-39-22-23-41(34-43(39)35-46)42-28-33-53-51(36-42)48-18-9-10-20-52(48)58(53)44-15-5-2-6-16-44/h1-36H/i1D,3D,4D,12D,13D. The average Bonchev–Trinajstić information content (AvgIpc) is 3.90. The highest BCUT2D eigenvalue weighted by atomic mass is 16.3.